The minimum atomic E-state index is -4.09. The summed E-state index contributed by atoms with van der Waals surface area (Å²) in [5.41, 5.74) is 0.587. The zero-order chi connectivity index (χ0) is 26.4. The summed E-state index contributed by atoms with van der Waals surface area (Å²) in [6, 6.07) is 25.9. The van der Waals surface area contributed by atoms with E-state index in [1.54, 1.807) is 66.7 Å². The Hall–Kier alpha value is -3.72. The van der Waals surface area contributed by atoms with Crippen LogP contribution in [0.5, 0.6) is 17.2 Å². The lowest BCUT2D eigenvalue weighted by Gasteiger charge is -2.24. The molecule has 37 heavy (non-hydrogen) atoms. The van der Waals surface area contributed by atoms with Crippen molar-refractivity contribution in [3.05, 3.63) is 107 Å². The van der Waals surface area contributed by atoms with Crippen molar-refractivity contribution in [2.45, 2.75) is 4.90 Å². The molecule has 0 heterocycles. The van der Waals surface area contributed by atoms with Crippen LogP contribution in [0, 0.1) is 0 Å². The molecule has 0 aliphatic heterocycles. The number of nitrogens with one attached hydrogen (secondary N) is 1. The third-order valence-electron chi connectivity index (χ3n) is 5.24. The van der Waals surface area contributed by atoms with E-state index in [-0.39, 0.29) is 10.6 Å². The number of sulfonamides is 1. The Morgan fingerprint density at radius 2 is 1.43 bits per heavy atom. The zero-order valence-corrected chi connectivity index (χ0v) is 21.9. The number of halogens is 2. The summed E-state index contributed by atoms with van der Waals surface area (Å²) in [5, 5.41) is 3.48. The highest BCUT2D eigenvalue weighted by atomic mass is 35.5. The Bertz CT molecular complexity index is 1500. The van der Waals surface area contributed by atoms with Crippen molar-refractivity contribution >= 4 is 50.5 Å². The number of anilines is 2. The maximum atomic E-state index is 13.5. The van der Waals surface area contributed by atoms with Crippen LogP contribution < -0.4 is 19.1 Å². The summed E-state index contributed by atoms with van der Waals surface area (Å²) in [6.45, 7) is -0.504. The normalized spacial score (nSPS) is 11.0. The first-order chi connectivity index (χ1) is 17.8. The van der Waals surface area contributed by atoms with Gasteiger partial charge < -0.3 is 14.8 Å². The van der Waals surface area contributed by atoms with Crippen molar-refractivity contribution < 1.29 is 22.7 Å². The molecule has 0 aromatic heterocycles. The van der Waals surface area contributed by atoms with Crippen molar-refractivity contribution in [3.63, 3.8) is 0 Å². The van der Waals surface area contributed by atoms with E-state index >= 15 is 0 Å². The number of hydrogen-bond donors (Lipinski definition) is 1. The Kier molecular flexibility index (Phi) is 8.23. The van der Waals surface area contributed by atoms with Gasteiger partial charge in [0.1, 0.15) is 6.54 Å². The quantitative estimate of drug-likeness (QED) is 0.250. The van der Waals surface area contributed by atoms with Gasteiger partial charge in [-0.2, -0.15) is 0 Å². The number of carbonyl (C=O) groups is 1. The highest BCUT2D eigenvalue weighted by molar-refractivity contribution is 7.92. The maximum absolute atomic E-state index is 13.5. The molecule has 4 rings (SSSR count). The Labute approximate surface area is 225 Å². The fourth-order valence-electron chi connectivity index (χ4n) is 3.47. The van der Waals surface area contributed by atoms with Crippen LogP contribution in [0.25, 0.3) is 0 Å². The second kappa shape index (κ2) is 11.6. The molecule has 4 aromatic carbocycles. The lowest BCUT2D eigenvalue weighted by atomic mass is 10.2. The molecule has 0 unspecified atom stereocenters. The lowest BCUT2D eigenvalue weighted by Crippen LogP contribution is -2.38. The second-order valence-corrected chi connectivity index (χ2v) is 10.5. The summed E-state index contributed by atoms with van der Waals surface area (Å²) < 4.78 is 39.4. The van der Waals surface area contributed by atoms with Gasteiger partial charge in [0.05, 0.1) is 23.4 Å². The van der Waals surface area contributed by atoms with Crippen LogP contribution >= 0.6 is 23.2 Å². The van der Waals surface area contributed by atoms with Crippen molar-refractivity contribution in [1.29, 1.82) is 0 Å². The zero-order valence-electron chi connectivity index (χ0n) is 19.6. The number of rotatable bonds is 9. The molecule has 10 heteroatoms. The van der Waals surface area contributed by atoms with Gasteiger partial charge >= 0.3 is 0 Å². The van der Waals surface area contributed by atoms with Gasteiger partial charge in [0.15, 0.2) is 17.2 Å². The Balaban J connectivity index is 1.63. The summed E-state index contributed by atoms with van der Waals surface area (Å²) in [4.78, 5) is 13.2. The van der Waals surface area contributed by atoms with Gasteiger partial charge in [0.2, 0.25) is 5.91 Å². The fraction of sp³-hybridized carbons (Fsp3) is 0.0741. The molecule has 0 atom stereocenters. The van der Waals surface area contributed by atoms with Gasteiger partial charge in [-0.1, -0.05) is 53.5 Å². The van der Waals surface area contributed by atoms with Crippen molar-refractivity contribution in [1.82, 2.24) is 0 Å². The average molecular weight is 557 g/mol. The van der Waals surface area contributed by atoms with Crippen LogP contribution in [-0.2, 0) is 14.8 Å². The SMILES string of the molecule is COc1ccccc1Oc1ccc(Cl)cc1NC(=O)CN(c1ccccc1)S(=O)(=O)c1ccc(Cl)cc1. The monoisotopic (exact) mass is 556 g/mol. The van der Waals surface area contributed by atoms with E-state index in [1.807, 2.05) is 0 Å². The predicted octanol–water partition coefficient (Wildman–Crippen LogP) is 6.63. The first-order valence-corrected chi connectivity index (χ1v) is 13.2. The van der Waals surface area contributed by atoms with E-state index < -0.39 is 22.5 Å². The molecule has 0 spiro atoms. The Morgan fingerprint density at radius 3 is 2.11 bits per heavy atom. The lowest BCUT2D eigenvalue weighted by molar-refractivity contribution is -0.114. The third-order valence-corrected chi connectivity index (χ3v) is 7.51. The van der Waals surface area contributed by atoms with Crippen molar-refractivity contribution in [2.24, 2.45) is 0 Å². The van der Waals surface area contributed by atoms with Crippen molar-refractivity contribution in [2.75, 3.05) is 23.3 Å². The van der Waals surface area contributed by atoms with E-state index in [4.69, 9.17) is 32.7 Å². The largest absolute Gasteiger partial charge is 0.493 e. The van der Waals surface area contributed by atoms with Gasteiger partial charge in [0.25, 0.3) is 10.0 Å². The second-order valence-electron chi connectivity index (χ2n) is 7.74. The molecule has 0 aliphatic rings. The fourth-order valence-corrected chi connectivity index (χ4v) is 5.19. The van der Waals surface area contributed by atoms with E-state index in [9.17, 15) is 13.2 Å². The van der Waals surface area contributed by atoms with E-state index in [0.29, 0.717) is 33.0 Å². The summed E-state index contributed by atoms with van der Waals surface area (Å²) in [6.07, 6.45) is 0. The number of amides is 1. The van der Waals surface area contributed by atoms with Crippen LogP contribution in [0.2, 0.25) is 10.0 Å². The highest BCUT2D eigenvalue weighted by Crippen LogP contribution is 2.36. The number of benzene rings is 4. The maximum Gasteiger partial charge on any atom is 0.264 e. The molecule has 0 saturated carbocycles. The number of nitrogens with zero attached hydrogens (tertiary/aromatic N) is 1. The topological polar surface area (TPSA) is 84.9 Å². The number of para-hydroxylation sites is 3. The van der Waals surface area contributed by atoms with Gasteiger partial charge in [0, 0.05) is 10.0 Å². The first kappa shape index (κ1) is 26.3. The molecule has 1 N–H and O–H groups in total. The molecule has 1 amide bonds. The molecular weight excluding hydrogens is 535 g/mol. The number of methoxy groups -OCH3 is 1. The number of ether oxygens (including phenoxy) is 2. The van der Waals surface area contributed by atoms with Gasteiger partial charge in [-0.3, -0.25) is 9.10 Å². The predicted molar refractivity (Wildman–Crippen MR) is 146 cm³/mol. The van der Waals surface area contributed by atoms with Crippen LogP contribution in [0.15, 0.2) is 102 Å². The first-order valence-electron chi connectivity index (χ1n) is 11.0. The van der Waals surface area contributed by atoms with Crippen LogP contribution in [0.3, 0.4) is 0 Å². The third kappa shape index (κ3) is 6.35. The van der Waals surface area contributed by atoms with E-state index in [2.05, 4.69) is 5.32 Å². The van der Waals surface area contributed by atoms with Gasteiger partial charge in [-0.25, -0.2) is 8.42 Å². The summed E-state index contributed by atoms with van der Waals surface area (Å²) >= 11 is 12.1. The molecule has 4 aromatic rings. The number of hydrogen-bond acceptors (Lipinski definition) is 5. The van der Waals surface area contributed by atoms with E-state index in [1.165, 1.54) is 37.4 Å². The van der Waals surface area contributed by atoms with Gasteiger partial charge in [-0.05, 0) is 66.7 Å². The molecule has 0 aliphatic carbocycles. The molecule has 190 valence electrons. The smallest absolute Gasteiger partial charge is 0.264 e. The molecule has 0 radical (unpaired) electrons. The summed E-state index contributed by atoms with van der Waals surface area (Å²) in [5.74, 6) is 0.626. The summed E-state index contributed by atoms with van der Waals surface area (Å²) in [7, 11) is -2.57. The molecule has 7 nitrogen and oxygen atoms in total. The molecule has 0 saturated heterocycles. The van der Waals surface area contributed by atoms with Crippen LogP contribution in [0.4, 0.5) is 11.4 Å². The standard InChI is InChI=1S/C27H22Cl2N2O5S/c1-35-25-9-5-6-10-26(25)36-24-16-13-20(29)17-23(24)30-27(32)18-31(21-7-3-2-4-8-21)37(33,34)22-14-11-19(28)12-15-22/h2-17H,18H2,1H3,(H,30,32). The van der Waals surface area contributed by atoms with Crippen LogP contribution in [-0.4, -0.2) is 28.0 Å². The van der Waals surface area contributed by atoms with Gasteiger partial charge in [-0.15, -0.1) is 0 Å². The molecule has 0 bridgehead atoms. The average Bonchev–Trinajstić information content (AvgIpc) is 2.90. The van der Waals surface area contributed by atoms with Crippen LogP contribution in [0.1, 0.15) is 0 Å². The highest BCUT2D eigenvalue weighted by Gasteiger charge is 2.27. The molecular formula is C27H22Cl2N2O5S. The number of carbonyl (C=O) groups excluding carboxylic acids is 1. The Morgan fingerprint density at radius 1 is 0.811 bits per heavy atom. The van der Waals surface area contributed by atoms with E-state index in [0.717, 1.165) is 4.31 Å². The molecule has 0 fully saturated rings. The van der Waals surface area contributed by atoms with Crippen molar-refractivity contribution in [3.8, 4) is 17.2 Å². The minimum Gasteiger partial charge on any atom is -0.493 e. The minimum absolute atomic E-state index is 0.00324.